The van der Waals surface area contributed by atoms with E-state index in [1.165, 1.54) is 13.3 Å². The number of carbonyl (C=O) groups excluding carboxylic acids is 2. The number of nitrogens with zero attached hydrogens (tertiary/aromatic N) is 4. The lowest BCUT2D eigenvalue weighted by molar-refractivity contribution is -0.164. The van der Waals surface area contributed by atoms with E-state index < -0.39 is 38.3 Å². The SMILES string of the molecule is CC(=O)O[C@H]1[C@H](n2cnc3c(NC(=O)c4ccccc4)ncnc32)O[C@](CCO[Si](c2ccccc2)(c2ccccc2)C(C)(C)C)(COCc2ccccc2)[C@H]1OCc1ccccc1. The zero-order valence-electron chi connectivity index (χ0n) is 36.5. The number of hydrogen-bond donors (Lipinski definition) is 1. The number of esters is 1. The molecular formula is C51H53N5O7Si. The number of fused-ring (bicyclic) bond motifs is 1. The number of carbonyl (C=O) groups is 2. The van der Waals surface area contributed by atoms with Gasteiger partial charge in [-0.05, 0) is 38.7 Å². The molecule has 2 aromatic heterocycles. The average Bonchev–Trinajstić information content (AvgIpc) is 3.87. The molecule has 7 aromatic rings. The molecule has 0 spiro atoms. The summed E-state index contributed by atoms with van der Waals surface area (Å²) in [5, 5.41) is 4.88. The van der Waals surface area contributed by atoms with Crippen LogP contribution in [0.1, 0.15) is 61.8 Å². The summed E-state index contributed by atoms with van der Waals surface area (Å²) in [5.74, 6) is -0.658. The largest absolute Gasteiger partial charge is 0.455 e. The molecular weight excluding hydrogens is 823 g/mol. The Morgan fingerprint density at radius 1 is 0.750 bits per heavy atom. The van der Waals surface area contributed by atoms with Gasteiger partial charge < -0.3 is 28.7 Å². The van der Waals surface area contributed by atoms with Gasteiger partial charge in [0.25, 0.3) is 14.2 Å². The third-order valence-electron chi connectivity index (χ3n) is 11.6. The van der Waals surface area contributed by atoms with E-state index in [4.69, 9.17) is 28.4 Å². The van der Waals surface area contributed by atoms with Gasteiger partial charge in [0.15, 0.2) is 29.3 Å². The van der Waals surface area contributed by atoms with E-state index in [2.05, 4.69) is 84.6 Å². The van der Waals surface area contributed by atoms with Crippen molar-refractivity contribution in [3.05, 3.63) is 181 Å². The molecule has 0 saturated carbocycles. The highest BCUT2D eigenvalue weighted by atomic mass is 28.4. The minimum absolute atomic E-state index is 0.0553. The minimum atomic E-state index is -3.01. The van der Waals surface area contributed by atoms with Crippen molar-refractivity contribution in [3.8, 4) is 0 Å². The summed E-state index contributed by atoms with van der Waals surface area (Å²) in [6.07, 6.45) is 0.317. The van der Waals surface area contributed by atoms with Crippen LogP contribution in [0.4, 0.5) is 5.82 Å². The van der Waals surface area contributed by atoms with E-state index in [1.807, 2.05) is 78.9 Å². The highest BCUT2D eigenvalue weighted by Gasteiger charge is 2.59. The van der Waals surface area contributed by atoms with Crippen LogP contribution in [0.15, 0.2) is 164 Å². The molecule has 4 atom stereocenters. The maximum Gasteiger partial charge on any atom is 0.303 e. The molecule has 0 bridgehead atoms. The van der Waals surface area contributed by atoms with Crippen LogP contribution in [0.2, 0.25) is 5.04 Å². The number of hydrogen-bond acceptors (Lipinski definition) is 10. The zero-order valence-corrected chi connectivity index (χ0v) is 37.5. The molecule has 8 rings (SSSR count). The second-order valence-corrected chi connectivity index (χ2v) is 21.3. The fourth-order valence-electron chi connectivity index (χ4n) is 8.70. The number of benzene rings is 5. The molecule has 0 unspecified atom stereocenters. The Hall–Kier alpha value is -6.35. The second kappa shape index (κ2) is 19.6. The van der Waals surface area contributed by atoms with Crippen molar-refractivity contribution in [2.75, 3.05) is 18.5 Å². The molecule has 1 aliphatic heterocycles. The first kappa shape index (κ1) is 44.3. The van der Waals surface area contributed by atoms with Gasteiger partial charge in [0, 0.05) is 25.5 Å². The van der Waals surface area contributed by atoms with Crippen molar-refractivity contribution in [2.24, 2.45) is 0 Å². The van der Waals surface area contributed by atoms with Crippen LogP contribution >= 0.6 is 0 Å². The number of aromatic nitrogens is 4. The van der Waals surface area contributed by atoms with Crippen LogP contribution in [0, 0.1) is 0 Å². The Morgan fingerprint density at radius 2 is 1.31 bits per heavy atom. The summed E-state index contributed by atoms with van der Waals surface area (Å²) >= 11 is 0. The van der Waals surface area contributed by atoms with E-state index in [1.54, 1.807) is 35.2 Å². The molecule has 64 heavy (non-hydrogen) atoms. The molecule has 0 radical (unpaired) electrons. The highest BCUT2D eigenvalue weighted by molar-refractivity contribution is 6.99. The number of ether oxygens (including phenoxy) is 4. The fraction of sp³-hybridized carbons (Fsp3) is 0.275. The van der Waals surface area contributed by atoms with Crippen molar-refractivity contribution in [1.29, 1.82) is 0 Å². The van der Waals surface area contributed by atoms with E-state index >= 15 is 0 Å². The first-order valence-corrected chi connectivity index (χ1v) is 23.4. The maximum atomic E-state index is 13.3. The Labute approximate surface area is 374 Å². The average molecular weight is 876 g/mol. The quantitative estimate of drug-likeness (QED) is 0.0708. The number of nitrogens with one attached hydrogen (secondary N) is 1. The first-order valence-electron chi connectivity index (χ1n) is 21.5. The molecule has 328 valence electrons. The van der Waals surface area contributed by atoms with Crippen molar-refractivity contribution in [2.45, 2.75) is 76.4 Å². The Kier molecular flexibility index (Phi) is 13.5. The lowest BCUT2D eigenvalue weighted by Gasteiger charge is -2.44. The number of amides is 1. The van der Waals surface area contributed by atoms with E-state index in [-0.39, 0.29) is 36.6 Å². The molecule has 1 saturated heterocycles. The molecule has 0 aliphatic carbocycles. The maximum absolute atomic E-state index is 13.3. The zero-order chi connectivity index (χ0) is 44.6. The fourth-order valence-corrected chi connectivity index (χ4v) is 13.3. The molecule has 13 heteroatoms. The summed E-state index contributed by atoms with van der Waals surface area (Å²) in [5.41, 5.74) is 1.79. The van der Waals surface area contributed by atoms with Gasteiger partial charge in [-0.3, -0.25) is 14.2 Å². The third kappa shape index (κ3) is 9.44. The van der Waals surface area contributed by atoms with Crippen LogP contribution < -0.4 is 15.7 Å². The number of anilines is 1. The molecule has 1 amide bonds. The predicted octanol–water partition coefficient (Wildman–Crippen LogP) is 8.05. The smallest absolute Gasteiger partial charge is 0.303 e. The van der Waals surface area contributed by atoms with Crippen LogP contribution in [0.25, 0.3) is 11.2 Å². The Balaban J connectivity index is 1.22. The molecule has 12 nitrogen and oxygen atoms in total. The van der Waals surface area contributed by atoms with Gasteiger partial charge >= 0.3 is 5.97 Å². The summed E-state index contributed by atoms with van der Waals surface area (Å²) in [6, 6.07) is 49.6. The number of imidazole rings is 1. The summed E-state index contributed by atoms with van der Waals surface area (Å²) < 4.78 is 36.4. The molecule has 3 heterocycles. The number of rotatable bonds is 17. The van der Waals surface area contributed by atoms with Crippen LogP contribution in [0.3, 0.4) is 0 Å². The lowest BCUT2D eigenvalue weighted by atomic mass is 9.92. The molecule has 5 aromatic carbocycles. The Morgan fingerprint density at radius 3 is 1.89 bits per heavy atom. The van der Waals surface area contributed by atoms with E-state index in [9.17, 15) is 9.59 Å². The van der Waals surface area contributed by atoms with Crippen LogP contribution in [-0.2, 0) is 41.4 Å². The van der Waals surface area contributed by atoms with Gasteiger partial charge in [0.1, 0.15) is 18.0 Å². The van der Waals surface area contributed by atoms with Gasteiger partial charge in [-0.2, -0.15) is 0 Å². The summed E-state index contributed by atoms with van der Waals surface area (Å²) in [7, 11) is -3.01. The molecule has 1 N–H and O–H groups in total. The van der Waals surface area contributed by atoms with Gasteiger partial charge in [-0.15, -0.1) is 0 Å². The van der Waals surface area contributed by atoms with Crippen molar-refractivity contribution in [1.82, 2.24) is 19.5 Å². The van der Waals surface area contributed by atoms with Gasteiger partial charge in [0.05, 0.1) is 26.1 Å². The highest BCUT2D eigenvalue weighted by Crippen LogP contribution is 2.46. The van der Waals surface area contributed by atoms with Gasteiger partial charge in [-0.1, -0.05) is 160 Å². The topological polar surface area (TPSA) is 136 Å². The Bertz CT molecular complexity index is 2580. The normalized spacial score (nSPS) is 18.8. The van der Waals surface area contributed by atoms with Crippen molar-refractivity contribution < 1.29 is 33.0 Å². The van der Waals surface area contributed by atoms with E-state index in [0.29, 0.717) is 29.8 Å². The minimum Gasteiger partial charge on any atom is -0.455 e. The van der Waals surface area contributed by atoms with E-state index in [0.717, 1.165) is 21.5 Å². The third-order valence-corrected chi connectivity index (χ3v) is 16.7. The first-order chi connectivity index (χ1) is 31.1. The summed E-state index contributed by atoms with van der Waals surface area (Å²) in [6.45, 7) is 8.88. The van der Waals surface area contributed by atoms with Crippen molar-refractivity contribution >= 4 is 47.5 Å². The molecule has 1 aliphatic rings. The second-order valence-electron chi connectivity index (χ2n) is 17.0. The van der Waals surface area contributed by atoms with Crippen molar-refractivity contribution in [3.63, 3.8) is 0 Å². The summed E-state index contributed by atoms with van der Waals surface area (Å²) in [4.78, 5) is 40.2. The monoisotopic (exact) mass is 875 g/mol. The molecule has 1 fully saturated rings. The lowest BCUT2D eigenvalue weighted by Crippen LogP contribution is -2.67. The van der Waals surface area contributed by atoms with Crippen LogP contribution in [-0.4, -0.2) is 70.7 Å². The van der Waals surface area contributed by atoms with Gasteiger partial charge in [-0.25, -0.2) is 15.0 Å². The van der Waals surface area contributed by atoms with Gasteiger partial charge in [0.2, 0.25) is 0 Å². The van der Waals surface area contributed by atoms with Crippen LogP contribution in [0.5, 0.6) is 0 Å². The standard InChI is InChI=1S/C51H53N5O7Si/c1-37(57)62-44-45(60-33-39-22-12-6-13-23-39)51(34-59-32-38-20-10-5-11-21-38,30-31-61-64(50(2,3)4,41-26-16-8-17-27-41)42-28-18-9-19-29-42)63-49(44)56-36-54-43-46(52-35-53-47(43)56)55-48(58)40-24-14-7-15-25-40/h5-29,35-36,44-45,49H,30-34H2,1-4H3,(H,52,53,55,58)/t44-,45+,49-,51-/m1/s1. The predicted molar refractivity (Wildman–Crippen MR) is 247 cm³/mol.